The Morgan fingerprint density at radius 3 is 1.21 bits per heavy atom. The molecule has 6 atom stereocenters. The van der Waals surface area contributed by atoms with Crippen molar-refractivity contribution in [1.82, 2.24) is 0 Å². The van der Waals surface area contributed by atoms with Crippen molar-refractivity contribution in [3.05, 3.63) is 85.1 Å². The molecule has 0 aliphatic carbocycles. The lowest BCUT2D eigenvalue weighted by Crippen LogP contribution is -2.61. The molecule has 81 heavy (non-hydrogen) atoms. The number of carboxylic acids is 1. The highest BCUT2D eigenvalue weighted by molar-refractivity contribution is 5.74. The summed E-state index contributed by atoms with van der Waals surface area (Å²) < 4.78 is 28.5. The van der Waals surface area contributed by atoms with E-state index in [1.54, 1.807) is 0 Å². The molecule has 1 aliphatic rings. The van der Waals surface area contributed by atoms with E-state index in [-0.39, 0.29) is 25.9 Å². The number of rotatable bonds is 55. The predicted octanol–water partition coefficient (Wildman–Crippen LogP) is 17.5. The van der Waals surface area contributed by atoms with Crippen molar-refractivity contribution in [3.63, 3.8) is 0 Å². The van der Waals surface area contributed by atoms with Crippen LogP contribution in [0.15, 0.2) is 85.1 Å². The standard InChI is InChI=1S/C69H116O12/c1-4-7-10-13-16-19-22-25-28-30-31-33-35-37-40-43-46-49-52-55-61(70)77-58-60(79-62(71)56-53-50-47-44-41-38-34-27-24-21-18-15-12-9-6-3)59-78-69-67(65(74)64(73)66(81-69)68(75)76)80-63(72)57-54-51-48-45-42-39-36-32-29-26-23-20-17-14-11-8-5-2/h8-9,11-12,17-18,20-21,26-27,29,34,41,44,60,64-67,69,73-74H,4-7,10,13-16,19,22-25,28,30-33,35-40,42-43,45-59H2,1-3H3,(H,75,76)/b11-8-,12-9-,20-17-,21-18-,29-26-,34-27-,44-41-. The maximum Gasteiger partial charge on any atom is 0.335 e. The van der Waals surface area contributed by atoms with Gasteiger partial charge in [0.05, 0.1) is 6.61 Å². The second-order valence-corrected chi connectivity index (χ2v) is 22.0. The van der Waals surface area contributed by atoms with Gasteiger partial charge in [-0.05, 0) is 89.9 Å². The quantitative estimate of drug-likeness (QED) is 0.0228. The first-order valence-corrected chi connectivity index (χ1v) is 32.6. The van der Waals surface area contributed by atoms with Crippen molar-refractivity contribution < 1.29 is 58.2 Å². The number of ether oxygens (including phenoxy) is 5. The average Bonchev–Trinajstić information content (AvgIpc) is 3.53. The van der Waals surface area contributed by atoms with Gasteiger partial charge in [-0.1, -0.05) is 254 Å². The summed E-state index contributed by atoms with van der Waals surface area (Å²) in [7, 11) is 0. The minimum Gasteiger partial charge on any atom is -0.479 e. The maximum absolute atomic E-state index is 13.2. The number of carboxylic acid groups (broad SMARTS) is 1. The molecule has 0 aromatic carbocycles. The van der Waals surface area contributed by atoms with Crippen LogP contribution in [0.1, 0.15) is 278 Å². The smallest absolute Gasteiger partial charge is 0.335 e. The molecule has 0 spiro atoms. The third kappa shape index (κ3) is 46.0. The molecule has 0 saturated carbocycles. The van der Waals surface area contributed by atoms with E-state index in [0.29, 0.717) is 19.3 Å². The number of aliphatic hydroxyl groups is 2. The molecule has 0 aromatic heterocycles. The van der Waals surface area contributed by atoms with Crippen molar-refractivity contribution >= 4 is 23.9 Å². The number of unbranched alkanes of at least 4 members (excludes halogenated alkanes) is 27. The van der Waals surface area contributed by atoms with E-state index in [1.165, 1.54) is 96.3 Å². The zero-order valence-electron chi connectivity index (χ0n) is 51.3. The topological polar surface area (TPSA) is 175 Å². The van der Waals surface area contributed by atoms with Crippen LogP contribution in [-0.4, -0.2) is 89.2 Å². The number of hydrogen-bond acceptors (Lipinski definition) is 11. The van der Waals surface area contributed by atoms with Crippen LogP contribution in [0.5, 0.6) is 0 Å². The monoisotopic (exact) mass is 1140 g/mol. The lowest BCUT2D eigenvalue weighted by Gasteiger charge is -2.40. The first kappa shape index (κ1) is 74.9. The molecule has 0 aromatic rings. The predicted molar refractivity (Wildman–Crippen MR) is 331 cm³/mol. The lowest BCUT2D eigenvalue weighted by molar-refractivity contribution is -0.301. The van der Waals surface area contributed by atoms with Crippen LogP contribution in [-0.2, 0) is 42.9 Å². The largest absolute Gasteiger partial charge is 0.479 e. The van der Waals surface area contributed by atoms with Crippen LogP contribution in [0.2, 0.25) is 0 Å². The van der Waals surface area contributed by atoms with E-state index in [9.17, 15) is 34.5 Å². The molecule has 0 bridgehead atoms. The Bertz CT molecular complexity index is 1730. The van der Waals surface area contributed by atoms with Crippen molar-refractivity contribution in [2.45, 2.75) is 314 Å². The van der Waals surface area contributed by atoms with Gasteiger partial charge in [0, 0.05) is 19.3 Å². The summed E-state index contributed by atoms with van der Waals surface area (Å²) in [4.78, 5) is 51.3. The molecule has 0 radical (unpaired) electrons. The van der Waals surface area contributed by atoms with Gasteiger partial charge in [-0.3, -0.25) is 14.4 Å². The van der Waals surface area contributed by atoms with Crippen molar-refractivity contribution in [2.75, 3.05) is 13.2 Å². The van der Waals surface area contributed by atoms with Gasteiger partial charge in [0.25, 0.3) is 0 Å². The van der Waals surface area contributed by atoms with Crippen LogP contribution in [0.4, 0.5) is 0 Å². The highest BCUT2D eigenvalue weighted by atomic mass is 16.7. The zero-order chi connectivity index (χ0) is 58.9. The van der Waals surface area contributed by atoms with E-state index in [1.807, 2.05) is 0 Å². The summed E-state index contributed by atoms with van der Waals surface area (Å²) in [6.45, 7) is 5.76. The summed E-state index contributed by atoms with van der Waals surface area (Å²) in [5.74, 6) is -3.18. The van der Waals surface area contributed by atoms with E-state index in [4.69, 9.17) is 23.7 Å². The van der Waals surface area contributed by atoms with Crippen molar-refractivity contribution in [2.24, 2.45) is 0 Å². The maximum atomic E-state index is 13.2. The number of aliphatic carboxylic acids is 1. The number of aliphatic hydroxyl groups excluding tert-OH is 2. The molecule has 1 fully saturated rings. The molecule has 6 unspecified atom stereocenters. The fourth-order valence-electron chi connectivity index (χ4n) is 9.55. The Morgan fingerprint density at radius 2 is 0.778 bits per heavy atom. The molecule has 12 heteroatoms. The van der Waals surface area contributed by atoms with Gasteiger partial charge in [0.2, 0.25) is 0 Å². The second-order valence-electron chi connectivity index (χ2n) is 22.0. The molecular formula is C69H116O12. The van der Waals surface area contributed by atoms with Crippen LogP contribution >= 0.6 is 0 Å². The molecule has 1 aliphatic heterocycles. The zero-order valence-corrected chi connectivity index (χ0v) is 51.3. The van der Waals surface area contributed by atoms with Gasteiger partial charge in [-0.15, -0.1) is 0 Å². The average molecular weight is 1140 g/mol. The van der Waals surface area contributed by atoms with E-state index >= 15 is 0 Å². The third-order valence-electron chi connectivity index (χ3n) is 14.5. The summed E-state index contributed by atoms with van der Waals surface area (Å²) in [5.41, 5.74) is 0. The summed E-state index contributed by atoms with van der Waals surface area (Å²) in [6, 6.07) is 0. The molecule has 1 saturated heterocycles. The Morgan fingerprint density at radius 1 is 0.420 bits per heavy atom. The van der Waals surface area contributed by atoms with Crippen LogP contribution < -0.4 is 0 Å². The van der Waals surface area contributed by atoms with E-state index in [0.717, 1.165) is 122 Å². The molecule has 0 amide bonds. The number of hydrogen-bond donors (Lipinski definition) is 3. The SMILES string of the molecule is CC/C=C\C/C=C\C/C=C\C/C=C\CCCCC(=O)OC(COC(=O)CCCCCCCCCCCCCCCCCCCCC)COC1OC(C(=O)O)C(O)C(O)C1OC(=O)CCCCCCCCC/C=C\C/C=C\C/C=C\CC. The third-order valence-corrected chi connectivity index (χ3v) is 14.5. The minimum atomic E-state index is -1.92. The summed E-state index contributed by atoms with van der Waals surface area (Å²) in [5, 5.41) is 31.6. The van der Waals surface area contributed by atoms with Crippen LogP contribution in [0.25, 0.3) is 0 Å². The van der Waals surface area contributed by atoms with Crippen LogP contribution in [0.3, 0.4) is 0 Å². The molecule has 1 rings (SSSR count). The lowest BCUT2D eigenvalue weighted by atomic mass is 9.98. The van der Waals surface area contributed by atoms with E-state index < -0.39 is 67.3 Å². The van der Waals surface area contributed by atoms with Crippen molar-refractivity contribution in [1.29, 1.82) is 0 Å². The molecule has 3 N–H and O–H groups in total. The highest BCUT2D eigenvalue weighted by Crippen LogP contribution is 2.27. The Hall–Kier alpha value is -4.10. The van der Waals surface area contributed by atoms with Crippen LogP contribution in [0, 0.1) is 0 Å². The molecular weight excluding hydrogens is 1020 g/mol. The Balaban J connectivity index is 2.67. The first-order valence-electron chi connectivity index (χ1n) is 32.6. The summed E-state index contributed by atoms with van der Waals surface area (Å²) in [6.07, 6.45) is 61.2. The Labute approximate surface area is 492 Å². The van der Waals surface area contributed by atoms with Gasteiger partial charge >= 0.3 is 23.9 Å². The van der Waals surface area contributed by atoms with Gasteiger partial charge < -0.3 is 39.0 Å². The second kappa shape index (κ2) is 56.4. The Kier molecular flexibility index (Phi) is 52.1. The number of allylic oxidation sites excluding steroid dienone is 14. The fourth-order valence-corrected chi connectivity index (χ4v) is 9.55. The van der Waals surface area contributed by atoms with Gasteiger partial charge in [-0.2, -0.15) is 0 Å². The van der Waals surface area contributed by atoms with Gasteiger partial charge in [0.1, 0.15) is 18.8 Å². The highest BCUT2D eigenvalue weighted by Gasteiger charge is 2.50. The van der Waals surface area contributed by atoms with Gasteiger partial charge in [0.15, 0.2) is 24.6 Å². The number of carbonyl (C=O) groups is 4. The fraction of sp³-hybridized carbons (Fsp3) is 0.739. The number of carbonyl (C=O) groups excluding carboxylic acids is 3. The van der Waals surface area contributed by atoms with Crippen molar-refractivity contribution in [3.8, 4) is 0 Å². The van der Waals surface area contributed by atoms with Gasteiger partial charge in [-0.25, -0.2) is 4.79 Å². The molecule has 12 nitrogen and oxygen atoms in total. The minimum absolute atomic E-state index is 0.0422. The number of esters is 3. The normalized spacial score (nSPS) is 18.3. The van der Waals surface area contributed by atoms with E-state index in [2.05, 4.69) is 106 Å². The molecule has 1 heterocycles. The summed E-state index contributed by atoms with van der Waals surface area (Å²) >= 11 is 0. The molecule has 464 valence electrons. The first-order chi connectivity index (χ1) is 39.6.